The van der Waals surface area contributed by atoms with E-state index in [1.54, 1.807) is 0 Å². The SMILES string of the molecule is CCC(CC)c1ccc2c(-c3cc(C(C)(C)C)ccc3C)[n+](C)ccc2c1. The fraction of sp³-hybridized carbons (Fsp3) is 0.423. The van der Waals surface area contributed by atoms with Gasteiger partial charge in [-0.3, -0.25) is 0 Å². The standard InChI is InChI=1S/C26H34N/c1-8-19(9-2)20-11-13-23-21(16-20)14-15-27(7)25(23)24-17-22(26(4,5)6)12-10-18(24)3/h10-17,19H,8-9H2,1-7H3/q+1. The van der Waals surface area contributed by atoms with E-state index < -0.39 is 0 Å². The van der Waals surface area contributed by atoms with Gasteiger partial charge >= 0.3 is 0 Å². The molecule has 0 N–H and O–H groups in total. The Bertz CT molecular complexity index is 956. The number of aryl methyl sites for hydroxylation is 2. The summed E-state index contributed by atoms with van der Waals surface area (Å²) >= 11 is 0. The molecule has 0 unspecified atom stereocenters. The maximum absolute atomic E-state index is 2.40. The molecule has 0 saturated carbocycles. The number of rotatable bonds is 4. The van der Waals surface area contributed by atoms with Crippen LogP contribution in [0.25, 0.3) is 22.0 Å². The average molecular weight is 361 g/mol. The number of fused-ring (bicyclic) bond motifs is 1. The van der Waals surface area contributed by atoms with Crippen LogP contribution in [0.15, 0.2) is 48.7 Å². The van der Waals surface area contributed by atoms with Crippen LogP contribution in [0.5, 0.6) is 0 Å². The minimum absolute atomic E-state index is 0.147. The lowest BCUT2D eigenvalue weighted by Gasteiger charge is -2.20. The van der Waals surface area contributed by atoms with E-state index in [-0.39, 0.29) is 5.41 Å². The van der Waals surface area contributed by atoms with Crippen molar-refractivity contribution in [2.75, 3.05) is 0 Å². The van der Waals surface area contributed by atoms with Gasteiger partial charge in [0, 0.05) is 11.6 Å². The Balaban J connectivity index is 2.24. The third-order valence-corrected chi connectivity index (χ3v) is 5.98. The second kappa shape index (κ2) is 7.46. The molecule has 3 aromatic rings. The molecule has 27 heavy (non-hydrogen) atoms. The summed E-state index contributed by atoms with van der Waals surface area (Å²) in [5.41, 5.74) is 6.98. The molecule has 142 valence electrons. The fourth-order valence-corrected chi connectivity index (χ4v) is 4.08. The predicted molar refractivity (Wildman–Crippen MR) is 117 cm³/mol. The highest BCUT2D eigenvalue weighted by atomic mass is 14.9. The molecule has 0 aliphatic carbocycles. The number of aromatic nitrogens is 1. The zero-order valence-corrected chi connectivity index (χ0v) is 18.1. The van der Waals surface area contributed by atoms with Gasteiger partial charge in [-0.1, -0.05) is 58.9 Å². The molecule has 0 saturated heterocycles. The second-order valence-electron chi connectivity index (χ2n) is 8.92. The van der Waals surface area contributed by atoms with Crippen LogP contribution >= 0.6 is 0 Å². The largest absolute Gasteiger partial charge is 0.220 e. The maximum atomic E-state index is 2.40. The van der Waals surface area contributed by atoms with Gasteiger partial charge < -0.3 is 0 Å². The molecule has 0 aliphatic rings. The van der Waals surface area contributed by atoms with Crippen molar-refractivity contribution in [1.82, 2.24) is 0 Å². The first-order valence-electron chi connectivity index (χ1n) is 10.3. The Hall–Kier alpha value is -2.15. The molecule has 0 amide bonds. The van der Waals surface area contributed by atoms with Crippen LogP contribution in [0, 0.1) is 6.92 Å². The topological polar surface area (TPSA) is 3.88 Å². The van der Waals surface area contributed by atoms with Crippen LogP contribution < -0.4 is 4.57 Å². The summed E-state index contributed by atoms with van der Waals surface area (Å²) in [5.74, 6) is 0.651. The summed E-state index contributed by atoms with van der Waals surface area (Å²) in [4.78, 5) is 0. The lowest BCUT2D eigenvalue weighted by molar-refractivity contribution is -0.659. The first-order chi connectivity index (χ1) is 12.8. The number of nitrogens with zero attached hydrogens (tertiary/aromatic N) is 1. The molecular formula is C26H34N+. The van der Waals surface area contributed by atoms with Crippen LogP contribution in [-0.2, 0) is 12.5 Å². The molecule has 3 rings (SSSR count). The highest BCUT2D eigenvalue weighted by Gasteiger charge is 2.21. The van der Waals surface area contributed by atoms with Crippen LogP contribution in [0.3, 0.4) is 0 Å². The third kappa shape index (κ3) is 3.78. The van der Waals surface area contributed by atoms with Crippen molar-refractivity contribution >= 4 is 10.8 Å². The lowest BCUT2D eigenvalue weighted by atomic mass is 9.84. The molecule has 1 aromatic heterocycles. The fourth-order valence-electron chi connectivity index (χ4n) is 4.08. The van der Waals surface area contributed by atoms with Crippen molar-refractivity contribution in [3.63, 3.8) is 0 Å². The van der Waals surface area contributed by atoms with Gasteiger partial charge in [-0.15, -0.1) is 0 Å². The van der Waals surface area contributed by atoms with E-state index >= 15 is 0 Å². The molecule has 0 aliphatic heterocycles. The minimum Gasteiger partial charge on any atom is -0.200 e. The van der Waals surface area contributed by atoms with Gasteiger partial charge in [0.15, 0.2) is 6.20 Å². The van der Waals surface area contributed by atoms with E-state index in [0.29, 0.717) is 5.92 Å². The Morgan fingerprint density at radius 1 is 0.926 bits per heavy atom. The molecular weight excluding hydrogens is 326 g/mol. The van der Waals surface area contributed by atoms with Crippen LogP contribution in [-0.4, -0.2) is 0 Å². The summed E-state index contributed by atoms with van der Waals surface area (Å²) in [7, 11) is 2.16. The molecule has 0 radical (unpaired) electrons. The number of hydrogen-bond donors (Lipinski definition) is 0. The van der Waals surface area contributed by atoms with Gasteiger partial charge in [0.25, 0.3) is 0 Å². The molecule has 0 atom stereocenters. The van der Waals surface area contributed by atoms with Crippen LogP contribution in [0.4, 0.5) is 0 Å². The quantitative estimate of drug-likeness (QED) is 0.448. The van der Waals surface area contributed by atoms with Gasteiger partial charge in [0.2, 0.25) is 5.69 Å². The first-order valence-corrected chi connectivity index (χ1v) is 10.3. The van der Waals surface area contributed by atoms with E-state index in [4.69, 9.17) is 0 Å². The Morgan fingerprint density at radius 2 is 1.63 bits per heavy atom. The van der Waals surface area contributed by atoms with Crippen molar-refractivity contribution in [2.24, 2.45) is 7.05 Å². The first kappa shape index (κ1) is 19.6. The summed E-state index contributed by atoms with van der Waals surface area (Å²) in [6.07, 6.45) is 4.60. The van der Waals surface area contributed by atoms with Crippen LogP contribution in [0.1, 0.15) is 70.1 Å². The summed E-state index contributed by atoms with van der Waals surface area (Å²) in [6, 6.07) is 16.3. The Labute approximate surface area is 165 Å². The van der Waals surface area contributed by atoms with E-state index in [9.17, 15) is 0 Å². The zero-order valence-electron chi connectivity index (χ0n) is 18.1. The number of benzene rings is 2. The average Bonchev–Trinajstić information content (AvgIpc) is 2.62. The second-order valence-corrected chi connectivity index (χ2v) is 8.92. The Kier molecular flexibility index (Phi) is 5.42. The Morgan fingerprint density at radius 3 is 2.26 bits per heavy atom. The number of hydrogen-bond acceptors (Lipinski definition) is 0. The van der Waals surface area contributed by atoms with Crippen molar-refractivity contribution < 1.29 is 4.57 Å². The summed E-state index contributed by atoms with van der Waals surface area (Å²) in [6.45, 7) is 13.6. The smallest absolute Gasteiger partial charge is 0.200 e. The van der Waals surface area contributed by atoms with Gasteiger partial charge in [-0.05, 0) is 65.3 Å². The molecule has 1 heteroatoms. The third-order valence-electron chi connectivity index (χ3n) is 5.98. The minimum atomic E-state index is 0.147. The van der Waals surface area contributed by atoms with Gasteiger partial charge in [0.05, 0.1) is 5.39 Å². The monoisotopic (exact) mass is 360 g/mol. The molecule has 0 fully saturated rings. The zero-order chi connectivity index (χ0) is 19.8. The van der Waals surface area contributed by atoms with E-state index in [2.05, 4.69) is 102 Å². The van der Waals surface area contributed by atoms with E-state index in [1.165, 1.54) is 51.6 Å². The molecule has 0 spiro atoms. The van der Waals surface area contributed by atoms with Gasteiger partial charge in [-0.25, -0.2) is 4.57 Å². The summed E-state index contributed by atoms with van der Waals surface area (Å²) < 4.78 is 2.27. The van der Waals surface area contributed by atoms with Crippen molar-refractivity contribution in [2.45, 2.75) is 65.7 Å². The predicted octanol–water partition coefficient (Wildman–Crippen LogP) is 6.84. The van der Waals surface area contributed by atoms with E-state index in [1.807, 2.05) is 0 Å². The van der Waals surface area contributed by atoms with Crippen molar-refractivity contribution in [3.8, 4) is 11.3 Å². The van der Waals surface area contributed by atoms with Gasteiger partial charge in [-0.2, -0.15) is 0 Å². The molecule has 2 aromatic carbocycles. The van der Waals surface area contributed by atoms with Crippen molar-refractivity contribution in [3.05, 3.63) is 65.4 Å². The lowest BCUT2D eigenvalue weighted by Crippen LogP contribution is -2.31. The van der Waals surface area contributed by atoms with Crippen LogP contribution in [0.2, 0.25) is 0 Å². The molecule has 1 nitrogen and oxygen atoms in total. The maximum Gasteiger partial charge on any atom is 0.220 e. The molecule has 1 heterocycles. The normalized spacial score (nSPS) is 12.1. The van der Waals surface area contributed by atoms with Crippen molar-refractivity contribution in [1.29, 1.82) is 0 Å². The molecule has 0 bridgehead atoms. The highest BCUT2D eigenvalue weighted by molar-refractivity contribution is 5.94. The highest BCUT2D eigenvalue weighted by Crippen LogP contribution is 2.34. The van der Waals surface area contributed by atoms with Gasteiger partial charge in [0.1, 0.15) is 7.05 Å². The summed E-state index contributed by atoms with van der Waals surface area (Å²) in [5, 5.41) is 2.68. The number of pyridine rings is 1. The van der Waals surface area contributed by atoms with E-state index in [0.717, 1.165) is 0 Å².